The smallest absolute Gasteiger partial charge is 0.186 e. The van der Waals surface area contributed by atoms with E-state index in [-0.39, 0.29) is 0 Å². The summed E-state index contributed by atoms with van der Waals surface area (Å²) in [7, 11) is 1.70. The first-order chi connectivity index (χ1) is 11.3. The van der Waals surface area contributed by atoms with Gasteiger partial charge in [0, 0.05) is 38.3 Å². The number of morpholine rings is 1. The van der Waals surface area contributed by atoms with Crippen LogP contribution in [0.25, 0.3) is 10.2 Å². The molecule has 2 aliphatic rings. The minimum atomic E-state index is 0.713. The summed E-state index contributed by atoms with van der Waals surface area (Å²) >= 11 is 1.79. The van der Waals surface area contributed by atoms with Gasteiger partial charge >= 0.3 is 0 Å². The molecule has 0 radical (unpaired) electrons. The molecule has 0 spiro atoms. The highest BCUT2D eigenvalue weighted by Gasteiger charge is 2.27. The van der Waals surface area contributed by atoms with Gasteiger partial charge in [0.25, 0.3) is 0 Å². The first-order valence-corrected chi connectivity index (χ1v) is 9.16. The molecule has 0 unspecified atom stereocenters. The van der Waals surface area contributed by atoms with Crippen molar-refractivity contribution in [2.75, 3.05) is 51.4 Å². The van der Waals surface area contributed by atoms with Crippen LogP contribution in [0.2, 0.25) is 0 Å². The van der Waals surface area contributed by atoms with E-state index in [2.05, 4.69) is 15.9 Å². The Morgan fingerprint density at radius 1 is 1.17 bits per heavy atom. The summed E-state index contributed by atoms with van der Waals surface area (Å²) in [6, 6.07) is 6.85. The lowest BCUT2D eigenvalue weighted by Crippen LogP contribution is -2.49. The van der Waals surface area contributed by atoms with Gasteiger partial charge in [-0.15, -0.1) is 0 Å². The summed E-state index contributed by atoms with van der Waals surface area (Å²) in [5.41, 5.74) is 1.04. The molecule has 0 bridgehead atoms. The molecule has 1 aromatic carbocycles. The topological polar surface area (TPSA) is 37.8 Å². The predicted octanol–water partition coefficient (Wildman–Crippen LogP) is 2.61. The number of nitrogens with zero attached hydrogens (tertiary/aromatic N) is 3. The van der Waals surface area contributed by atoms with Crippen LogP contribution in [0.15, 0.2) is 18.2 Å². The molecule has 23 heavy (non-hydrogen) atoms. The highest BCUT2D eigenvalue weighted by molar-refractivity contribution is 7.22. The molecular weight excluding hydrogens is 310 g/mol. The van der Waals surface area contributed by atoms with E-state index in [9.17, 15) is 0 Å². The fraction of sp³-hybridized carbons (Fsp3) is 0.588. The van der Waals surface area contributed by atoms with Gasteiger partial charge in [-0.05, 0) is 25.0 Å². The Balaban J connectivity index is 1.43. The number of fused-ring (bicyclic) bond motifs is 1. The number of ether oxygens (including phenoxy) is 2. The van der Waals surface area contributed by atoms with E-state index in [0.29, 0.717) is 6.04 Å². The van der Waals surface area contributed by atoms with Crippen molar-refractivity contribution in [3.8, 4) is 5.75 Å². The third kappa shape index (κ3) is 3.16. The van der Waals surface area contributed by atoms with Crippen molar-refractivity contribution in [1.29, 1.82) is 0 Å². The SMILES string of the molecule is COc1ccc2sc(N3CCC(N4CCOCC4)CC3)nc2c1. The number of hydrogen-bond donors (Lipinski definition) is 0. The van der Waals surface area contributed by atoms with Gasteiger partial charge in [0.2, 0.25) is 0 Å². The fourth-order valence-electron chi connectivity index (χ4n) is 3.52. The molecule has 2 saturated heterocycles. The van der Waals surface area contributed by atoms with Crippen molar-refractivity contribution < 1.29 is 9.47 Å². The van der Waals surface area contributed by atoms with Crippen molar-refractivity contribution in [1.82, 2.24) is 9.88 Å². The Kier molecular flexibility index (Phi) is 4.37. The number of benzene rings is 1. The van der Waals surface area contributed by atoms with Crippen LogP contribution in [-0.4, -0.2) is 62.4 Å². The summed E-state index contributed by atoms with van der Waals surface area (Å²) in [6.45, 7) is 6.15. The average molecular weight is 333 g/mol. The molecule has 2 aliphatic heterocycles. The lowest BCUT2D eigenvalue weighted by molar-refractivity contribution is 0.0115. The molecule has 6 heteroatoms. The lowest BCUT2D eigenvalue weighted by Gasteiger charge is -2.40. The molecule has 4 rings (SSSR count). The van der Waals surface area contributed by atoms with Gasteiger partial charge in [-0.2, -0.15) is 0 Å². The van der Waals surface area contributed by atoms with Crippen LogP contribution in [0.3, 0.4) is 0 Å². The van der Waals surface area contributed by atoms with E-state index in [1.165, 1.54) is 17.5 Å². The standard InChI is InChI=1S/C17H23N3O2S/c1-21-14-2-3-16-15(12-14)18-17(23-16)20-6-4-13(5-7-20)19-8-10-22-11-9-19/h2-3,12-13H,4-11H2,1H3. The Labute approximate surface area is 140 Å². The molecule has 0 aliphatic carbocycles. The van der Waals surface area contributed by atoms with Gasteiger partial charge in [0.1, 0.15) is 5.75 Å². The third-order valence-electron chi connectivity index (χ3n) is 4.88. The van der Waals surface area contributed by atoms with Crippen LogP contribution >= 0.6 is 11.3 Å². The third-order valence-corrected chi connectivity index (χ3v) is 5.98. The maximum Gasteiger partial charge on any atom is 0.186 e. The van der Waals surface area contributed by atoms with Crippen molar-refractivity contribution in [2.24, 2.45) is 0 Å². The highest BCUT2D eigenvalue weighted by atomic mass is 32.1. The first kappa shape index (κ1) is 15.2. The summed E-state index contributed by atoms with van der Waals surface area (Å²) in [5.74, 6) is 0.875. The van der Waals surface area contributed by atoms with E-state index in [1.54, 1.807) is 18.4 Å². The zero-order chi connectivity index (χ0) is 15.6. The summed E-state index contributed by atoms with van der Waals surface area (Å²) in [4.78, 5) is 9.85. The van der Waals surface area contributed by atoms with Gasteiger partial charge in [-0.3, -0.25) is 4.90 Å². The molecule has 124 valence electrons. The Hall–Kier alpha value is -1.37. The van der Waals surface area contributed by atoms with Gasteiger partial charge in [-0.25, -0.2) is 4.98 Å². The lowest BCUT2D eigenvalue weighted by atomic mass is 10.0. The highest BCUT2D eigenvalue weighted by Crippen LogP contribution is 2.33. The average Bonchev–Trinajstić information content (AvgIpc) is 3.05. The number of methoxy groups -OCH3 is 1. The number of hydrogen-bond acceptors (Lipinski definition) is 6. The Morgan fingerprint density at radius 2 is 1.96 bits per heavy atom. The van der Waals surface area contributed by atoms with Gasteiger partial charge in [-0.1, -0.05) is 11.3 Å². The number of anilines is 1. The van der Waals surface area contributed by atoms with E-state index in [0.717, 1.165) is 55.8 Å². The molecule has 0 atom stereocenters. The zero-order valence-electron chi connectivity index (χ0n) is 13.5. The Morgan fingerprint density at radius 3 is 2.70 bits per heavy atom. The van der Waals surface area contributed by atoms with Gasteiger partial charge in [0.05, 0.1) is 30.5 Å². The van der Waals surface area contributed by atoms with Crippen LogP contribution in [0.4, 0.5) is 5.13 Å². The van der Waals surface area contributed by atoms with E-state index < -0.39 is 0 Å². The van der Waals surface area contributed by atoms with Crippen molar-refractivity contribution in [3.05, 3.63) is 18.2 Å². The van der Waals surface area contributed by atoms with Crippen LogP contribution in [-0.2, 0) is 4.74 Å². The minimum Gasteiger partial charge on any atom is -0.497 e. The molecule has 0 N–H and O–H groups in total. The van der Waals surface area contributed by atoms with Crippen molar-refractivity contribution in [2.45, 2.75) is 18.9 Å². The molecule has 3 heterocycles. The number of piperidine rings is 1. The van der Waals surface area contributed by atoms with Gasteiger partial charge < -0.3 is 14.4 Å². The maximum absolute atomic E-state index is 5.46. The molecular formula is C17H23N3O2S. The number of aromatic nitrogens is 1. The molecule has 5 nitrogen and oxygen atoms in total. The summed E-state index contributed by atoms with van der Waals surface area (Å²) in [5, 5.41) is 1.15. The minimum absolute atomic E-state index is 0.713. The second kappa shape index (κ2) is 6.63. The van der Waals surface area contributed by atoms with Crippen LogP contribution < -0.4 is 9.64 Å². The van der Waals surface area contributed by atoms with Crippen molar-refractivity contribution in [3.63, 3.8) is 0 Å². The Bertz CT molecular complexity index is 661. The first-order valence-electron chi connectivity index (χ1n) is 8.35. The normalized spacial score (nSPS) is 21.0. The number of rotatable bonds is 3. The number of thiazole rings is 1. The molecule has 0 amide bonds. The summed E-state index contributed by atoms with van der Waals surface area (Å²) in [6.07, 6.45) is 2.44. The predicted molar refractivity (Wildman–Crippen MR) is 93.8 cm³/mol. The second-order valence-corrected chi connectivity index (χ2v) is 7.21. The largest absolute Gasteiger partial charge is 0.497 e. The van der Waals surface area contributed by atoms with E-state index >= 15 is 0 Å². The van der Waals surface area contributed by atoms with Crippen LogP contribution in [0.1, 0.15) is 12.8 Å². The van der Waals surface area contributed by atoms with Gasteiger partial charge in [0.15, 0.2) is 5.13 Å². The summed E-state index contributed by atoms with van der Waals surface area (Å²) < 4.78 is 12.0. The van der Waals surface area contributed by atoms with Crippen LogP contribution in [0.5, 0.6) is 5.75 Å². The van der Waals surface area contributed by atoms with E-state index in [1.807, 2.05) is 12.1 Å². The monoisotopic (exact) mass is 333 g/mol. The second-order valence-electron chi connectivity index (χ2n) is 6.20. The van der Waals surface area contributed by atoms with Crippen molar-refractivity contribution >= 4 is 26.7 Å². The van der Waals surface area contributed by atoms with E-state index in [4.69, 9.17) is 14.5 Å². The van der Waals surface area contributed by atoms with Crippen LogP contribution in [0, 0.1) is 0 Å². The molecule has 2 fully saturated rings. The maximum atomic E-state index is 5.46. The quantitative estimate of drug-likeness (QED) is 0.863. The molecule has 0 saturated carbocycles. The zero-order valence-corrected chi connectivity index (χ0v) is 14.3. The molecule has 1 aromatic heterocycles. The fourth-order valence-corrected chi connectivity index (χ4v) is 4.52. The molecule has 2 aromatic rings.